The minimum absolute atomic E-state index is 0.891. The zero-order chi connectivity index (χ0) is 12.0. The molecule has 0 radical (unpaired) electrons. The molecule has 0 fully saturated rings. The zero-order valence-corrected chi connectivity index (χ0v) is 11.1. The second-order valence-corrected chi connectivity index (χ2v) is 5.60. The van der Waals surface area contributed by atoms with Crippen molar-refractivity contribution in [2.24, 2.45) is 5.92 Å². The van der Waals surface area contributed by atoms with Gasteiger partial charge in [0.1, 0.15) is 0 Å². The van der Waals surface area contributed by atoms with Crippen LogP contribution in [0.5, 0.6) is 0 Å². The number of benzene rings is 1. The summed E-state index contributed by atoms with van der Waals surface area (Å²) < 4.78 is 0. The molecule has 0 bridgehead atoms. The molecule has 17 heavy (non-hydrogen) atoms. The molecule has 90 valence electrons. The molecule has 1 atom stereocenters. The summed E-state index contributed by atoms with van der Waals surface area (Å²) in [4.78, 5) is 3.66. The molecule has 1 aliphatic carbocycles. The van der Waals surface area contributed by atoms with E-state index in [9.17, 15) is 0 Å². The van der Waals surface area contributed by atoms with Crippen molar-refractivity contribution in [1.82, 2.24) is 4.98 Å². The zero-order valence-electron chi connectivity index (χ0n) is 11.1. The van der Waals surface area contributed by atoms with Crippen LogP contribution in [0.1, 0.15) is 42.1 Å². The number of rotatable bonds is 1. The van der Waals surface area contributed by atoms with Crippen LogP contribution in [0, 0.1) is 19.8 Å². The third-order valence-electron chi connectivity index (χ3n) is 4.32. The van der Waals surface area contributed by atoms with Gasteiger partial charge in [-0.1, -0.05) is 25.0 Å². The predicted octanol–water partition coefficient (Wildman–Crippen LogP) is 4.30. The molecule has 0 saturated carbocycles. The lowest BCUT2D eigenvalue weighted by atomic mass is 9.84. The van der Waals surface area contributed by atoms with Crippen molar-refractivity contribution in [3.05, 3.63) is 34.5 Å². The molecule has 1 heterocycles. The summed E-state index contributed by atoms with van der Waals surface area (Å²) in [7, 11) is 0. The highest BCUT2D eigenvalue weighted by Crippen LogP contribution is 2.34. The van der Waals surface area contributed by atoms with Crippen LogP contribution in [0.15, 0.2) is 12.1 Å². The van der Waals surface area contributed by atoms with Crippen molar-refractivity contribution < 1.29 is 0 Å². The van der Waals surface area contributed by atoms with Gasteiger partial charge in [-0.15, -0.1) is 0 Å². The first kappa shape index (κ1) is 10.9. The third-order valence-corrected chi connectivity index (χ3v) is 4.32. The summed E-state index contributed by atoms with van der Waals surface area (Å²) in [5, 5.41) is 1.48. The van der Waals surface area contributed by atoms with E-state index in [1.54, 1.807) is 5.56 Å². The second kappa shape index (κ2) is 3.90. The molecule has 0 spiro atoms. The largest absolute Gasteiger partial charge is 0.358 e. The molecule has 1 nitrogen and oxygen atoms in total. The molecule has 3 rings (SSSR count). The van der Waals surface area contributed by atoms with Crippen LogP contribution in [0.2, 0.25) is 0 Å². The van der Waals surface area contributed by atoms with E-state index < -0.39 is 0 Å². The summed E-state index contributed by atoms with van der Waals surface area (Å²) in [5.74, 6) is 0.891. The molecule has 1 aromatic heterocycles. The number of hydrogen-bond donors (Lipinski definition) is 1. The molecule has 1 aliphatic rings. The van der Waals surface area contributed by atoms with Crippen LogP contribution in [-0.2, 0) is 12.8 Å². The van der Waals surface area contributed by atoms with Crippen LogP contribution in [-0.4, -0.2) is 4.98 Å². The average molecular weight is 227 g/mol. The maximum atomic E-state index is 3.66. The Morgan fingerprint density at radius 2 is 2.12 bits per heavy atom. The summed E-state index contributed by atoms with van der Waals surface area (Å²) in [5.41, 5.74) is 7.25. The number of hydrogen-bond acceptors (Lipinski definition) is 0. The Hall–Kier alpha value is -1.24. The van der Waals surface area contributed by atoms with Crippen LogP contribution < -0.4 is 0 Å². The highest BCUT2D eigenvalue weighted by Gasteiger charge is 2.21. The van der Waals surface area contributed by atoms with E-state index >= 15 is 0 Å². The predicted molar refractivity (Wildman–Crippen MR) is 73.6 cm³/mol. The minimum Gasteiger partial charge on any atom is -0.358 e. The molecular formula is C16H21N. The summed E-state index contributed by atoms with van der Waals surface area (Å²) in [6, 6.07) is 4.64. The molecule has 0 aliphatic heterocycles. The van der Waals surface area contributed by atoms with Gasteiger partial charge in [-0.25, -0.2) is 0 Å². The van der Waals surface area contributed by atoms with Gasteiger partial charge in [0, 0.05) is 16.6 Å². The standard InChI is InChI=1S/C16H21N/c1-4-12-5-6-15-13(9-12)14-8-10(2)7-11(3)16(14)17-15/h7-8,12,17H,4-6,9H2,1-3H3. The summed E-state index contributed by atoms with van der Waals surface area (Å²) in [6.07, 6.45) is 5.18. The van der Waals surface area contributed by atoms with Gasteiger partial charge >= 0.3 is 0 Å². The van der Waals surface area contributed by atoms with Crippen LogP contribution >= 0.6 is 0 Å². The lowest BCUT2D eigenvalue weighted by Crippen LogP contribution is -2.12. The van der Waals surface area contributed by atoms with Crippen molar-refractivity contribution in [3.8, 4) is 0 Å². The van der Waals surface area contributed by atoms with E-state index in [0.717, 1.165) is 5.92 Å². The number of H-pyrrole nitrogens is 1. The van der Waals surface area contributed by atoms with Crippen LogP contribution in [0.3, 0.4) is 0 Å². The smallest absolute Gasteiger partial charge is 0.0488 e. The van der Waals surface area contributed by atoms with E-state index in [1.165, 1.54) is 53.4 Å². The van der Waals surface area contributed by atoms with Gasteiger partial charge < -0.3 is 4.98 Å². The maximum Gasteiger partial charge on any atom is 0.0488 e. The Morgan fingerprint density at radius 3 is 2.88 bits per heavy atom. The lowest BCUT2D eigenvalue weighted by Gasteiger charge is -2.20. The van der Waals surface area contributed by atoms with Crippen LogP contribution in [0.4, 0.5) is 0 Å². The van der Waals surface area contributed by atoms with Gasteiger partial charge in [0.05, 0.1) is 0 Å². The van der Waals surface area contributed by atoms with E-state index in [4.69, 9.17) is 0 Å². The first-order chi connectivity index (χ1) is 8.19. The first-order valence-corrected chi connectivity index (χ1v) is 6.79. The molecular weight excluding hydrogens is 206 g/mol. The molecule has 1 heteroatoms. The fraction of sp³-hybridized carbons (Fsp3) is 0.500. The number of aryl methyl sites for hydroxylation is 3. The Morgan fingerprint density at radius 1 is 1.29 bits per heavy atom. The molecule has 1 aromatic carbocycles. The minimum atomic E-state index is 0.891. The maximum absolute atomic E-state index is 3.66. The highest BCUT2D eigenvalue weighted by atomic mass is 14.7. The number of fused-ring (bicyclic) bond motifs is 3. The SMILES string of the molecule is CCC1CCc2[nH]c3c(C)cc(C)cc3c2C1. The molecule has 1 unspecified atom stereocenters. The van der Waals surface area contributed by atoms with E-state index in [1.807, 2.05) is 0 Å². The van der Waals surface area contributed by atoms with Crippen molar-refractivity contribution in [2.45, 2.75) is 46.5 Å². The van der Waals surface area contributed by atoms with Crippen molar-refractivity contribution in [2.75, 3.05) is 0 Å². The van der Waals surface area contributed by atoms with Crippen molar-refractivity contribution in [1.29, 1.82) is 0 Å². The lowest BCUT2D eigenvalue weighted by molar-refractivity contribution is 0.444. The Bertz CT molecular complexity index is 562. The Labute approximate surface area is 103 Å². The molecule has 1 N–H and O–H groups in total. The second-order valence-electron chi connectivity index (χ2n) is 5.60. The van der Waals surface area contributed by atoms with Gasteiger partial charge in [0.25, 0.3) is 0 Å². The number of aromatic amines is 1. The quantitative estimate of drug-likeness (QED) is 0.747. The fourth-order valence-electron chi connectivity index (χ4n) is 3.29. The van der Waals surface area contributed by atoms with E-state index in [0.29, 0.717) is 0 Å². The summed E-state index contributed by atoms with van der Waals surface area (Å²) in [6.45, 7) is 6.74. The van der Waals surface area contributed by atoms with Crippen molar-refractivity contribution >= 4 is 10.9 Å². The highest BCUT2D eigenvalue weighted by molar-refractivity contribution is 5.88. The monoisotopic (exact) mass is 227 g/mol. The van der Waals surface area contributed by atoms with E-state index in [-0.39, 0.29) is 0 Å². The van der Waals surface area contributed by atoms with Gasteiger partial charge in [-0.2, -0.15) is 0 Å². The average Bonchev–Trinajstić information content (AvgIpc) is 2.67. The fourth-order valence-corrected chi connectivity index (χ4v) is 3.29. The Kier molecular flexibility index (Phi) is 2.50. The van der Waals surface area contributed by atoms with Crippen molar-refractivity contribution in [3.63, 3.8) is 0 Å². The molecule has 0 saturated heterocycles. The van der Waals surface area contributed by atoms with Gasteiger partial charge in [0.2, 0.25) is 0 Å². The first-order valence-electron chi connectivity index (χ1n) is 6.79. The van der Waals surface area contributed by atoms with Crippen LogP contribution in [0.25, 0.3) is 10.9 Å². The molecule has 0 amide bonds. The van der Waals surface area contributed by atoms with E-state index in [2.05, 4.69) is 37.9 Å². The third kappa shape index (κ3) is 1.69. The topological polar surface area (TPSA) is 15.8 Å². The Balaban J connectivity index is 2.20. The number of nitrogens with one attached hydrogen (secondary N) is 1. The van der Waals surface area contributed by atoms with Gasteiger partial charge in [-0.05, 0) is 56.2 Å². The summed E-state index contributed by atoms with van der Waals surface area (Å²) >= 11 is 0. The van der Waals surface area contributed by atoms with Gasteiger partial charge in [0.15, 0.2) is 0 Å². The van der Waals surface area contributed by atoms with Gasteiger partial charge in [-0.3, -0.25) is 0 Å². The number of aromatic nitrogens is 1. The normalized spacial score (nSPS) is 19.6. The molecule has 2 aromatic rings.